The fraction of sp³-hybridized carbons (Fsp3) is 0.467. The maximum Gasteiger partial charge on any atom is 0.317 e. The molecule has 0 radical (unpaired) electrons. The molecule has 4 nitrogen and oxygen atoms in total. The van der Waals surface area contributed by atoms with E-state index in [1.165, 1.54) is 5.56 Å². The van der Waals surface area contributed by atoms with E-state index in [2.05, 4.69) is 57.0 Å². The Morgan fingerprint density at radius 1 is 1.22 bits per heavy atom. The van der Waals surface area contributed by atoms with Gasteiger partial charge in [-0.1, -0.05) is 36.9 Å². The van der Waals surface area contributed by atoms with E-state index in [0.717, 1.165) is 24.4 Å². The van der Waals surface area contributed by atoms with Crippen molar-refractivity contribution in [3.05, 3.63) is 42.0 Å². The second-order valence-corrected chi connectivity index (χ2v) is 17.7. The fourth-order valence-electron chi connectivity index (χ4n) is 2.82. The molecule has 0 aromatic heterocycles. The number of hydrogen-bond donors (Lipinski definition) is 0. The summed E-state index contributed by atoms with van der Waals surface area (Å²) < 4.78 is 24.5. The lowest BCUT2D eigenvalue weighted by Gasteiger charge is -2.39. The highest BCUT2D eigenvalue weighted by Gasteiger charge is 2.42. The Bertz CT molecular complexity index is 523. The second-order valence-electron chi connectivity index (χ2n) is 6.55. The first-order valence-corrected chi connectivity index (χ1v) is 16.8. The molecule has 128 valence electrons. The summed E-state index contributed by atoms with van der Waals surface area (Å²) >= 11 is 0. The second kappa shape index (κ2) is 8.17. The highest BCUT2D eigenvalue weighted by molar-refractivity contribution is 6.84. The molecule has 1 saturated heterocycles. The first-order valence-electron chi connectivity index (χ1n) is 8.17. The minimum absolute atomic E-state index is 0.963. The van der Waals surface area contributed by atoms with Crippen LogP contribution in [0.15, 0.2) is 30.8 Å². The zero-order valence-electron chi connectivity index (χ0n) is 14.6. The van der Waals surface area contributed by atoms with Gasteiger partial charge >= 0.3 is 17.1 Å². The Hall–Kier alpha value is -0.332. The van der Waals surface area contributed by atoms with Crippen LogP contribution in [-0.2, 0) is 22.9 Å². The van der Waals surface area contributed by atoms with E-state index in [1.54, 1.807) is 0 Å². The molecule has 1 aliphatic rings. The first kappa shape index (κ1) is 19.0. The van der Waals surface area contributed by atoms with Crippen LogP contribution in [0.3, 0.4) is 0 Å². The average molecular weight is 385 g/mol. The van der Waals surface area contributed by atoms with Gasteiger partial charge in [-0.3, -0.25) is 0 Å². The van der Waals surface area contributed by atoms with Gasteiger partial charge in [0.05, 0.1) is 0 Å². The van der Waals surface area contributed by atoms with Crippen molar-refractivity contribution in [3.63, 3.8) is 0 Å². The van der Waals surface area contributed by atoms with E-state index in [-0.39, 0.29) is 0 Å². The maximum absolute atomic E-state index is 6.42. The van der Waals surface area contributed by atoms with Gasteiger partial charge in [-0.15, -0.1) is 0 Å². The Labute approximate surface area is 146 Å². The zero-order chi connectivity index (χ0) is 16.9. The maximum atomic E-state index is 6.42. The van der Waals surface area contributed by atoms with Gasteiger partial charge < -0.3 is 16.5 Å². The molecule has 0 N–H and O–H groups in total. The molecule has 0 bridgehead atoms. The molecular weight excluding hydrogens is 357 g/mol. The number of aryl methyl sites for hydroxylation is 1. The van der Waals surface area contributed by atoms with Crippen LogP contribution < -0.4 is 0 Å². The molecule has 1 heterocycles. The molecule has 2 rings (SSSR count). The topological polar surface area (TPSA) is 36.9 Å². The fourth-order valence-corrected chi connectivity index (χ4v) is 16.9. The Morgan fingerprint density at radius 2 is 1.91 bits per heavy atom. The Morgan fingerprint density at radius 3 is 2.57 bits per heavy atom. The third-order valence-electron chi connectivity index (χ3n) is 3.89. The van der Waals surface area contributed by atoms with Crippen molar-refractivity contribution >= 4 is 42.5 Å². The van der Waals surface area contributed by atoms with Crippen molar-refractivity contribution in [2.75, 3.05) is 0 Å². The van der Waals surface area contributed by atoms with Crippen LogP contribution in [0.5, 0.6) is 0 Å². The van der Waals surface area contributed by atoms with Crippen LogP contribution >= 0.6 is 0 Å². The van der Waals surface area contributed by atoms with Gasteiger partial charge in [-0.05, 0) is 56.2 Å². The molecule has 1 aromatic carbocycles. The lowest BCUT2D eigenvalue weighted by molar-refractivity contribution is 0.269. The van der Waals surface area contributed by atoms with Gasteiger partial charge in [0, 0.05) is 0 Å². The number of rotatable bonds is 5. The van der Waals surface area contributed by atoms with Gasteiger partial charge in [0.15, 0.2) is 0 Å². The third kappa shape index (κ3) is 6.23. The molecule has 0 aliphatic carbocycles. The number of hydrogen-bond acceptors (Lipinski definition) is 4. The van der Waals surface area contributed by atoms with Crippen molar-refractivity contribution in [1.82, 2.24) is 0 Å². The van der Waals surface area contributed by atoms with Gasteiger partial charge in [0.1, 0.15) is 0 Å². The van der Waals surface area contributed by atoms with Crippen molar-refractivity contribution in [2.45, 2.75) is 45.1 Å². The zero-order valence-corrected chi connectivity index (χ0v) is 19.2. The third-order valence-corrected chi connectivity index (χ3v) is 17.8. The predicted molar refractivity (Wildman–Crippen MR) is 105 cm³/mol. The van der Waals surface area contributed by atoms with E-state index < -0.39 is 36.4 Å². The molecule has 23 heavy (non-hydrogen) atoms. The normalized spacial score (nSPS) is 29.0. The largest absolute Gasteiger partial charge is 0.423 e. The molecular formula is C15H28O4Si4. The SMILES string of the molecule is C=Cc1ccc(CCC[Si]2(C)O[SiH2]O[SiH](C)O[Si](C)(C)O2)cc1. The van der Waals surface area contributed by atoms with E-state index in [1.807, 2.05) is 6.08 Å². The van der Waals surface area contributed by atoms with Crippen LogP contribution in [0.1, 0.15) is 17.5 Å². The molecule has 0 spiro atoms. The molecule has 2 unspecified atom stereocenters. The van der Waals surface area contributed by atoms with Gasteiger partial charge in [-0.2, -0.15) is 0 Å². The summed E-state index contributed by atoms with van der Waals surface area (Å²) in [6.45, 7) is 12.2. The molecule has 1 aliphatic heterocycles. The van der Waals surface area contributed by atoms with Crippen molar-refractivity contribution in [3.8, 4) is 0 Å². The van der Waals surface area contributed by atoms with Gasteiger partial charge in [0.2, 0.25) is 0 Å². The van der Waals surface area contributed by atoms with E-state index in [0.29, 0.717) is 0 Å². The molecule has 0 amide bonds. The quantitative estimate of drug-likeness (QED) is 0.731. The van der Waals surface area contributed by atoms with Crippen molar-refractivity contribution < 1.29 is 16.5 Å². The smallest absolute Gasteiger partial charge is 0.317 e. The van der Waals surface area contributed by atoms with E-state index in [9.17, 15) is 0 Å². The molecule has 2 atom stereocenters. The molecule has 0 saturated carbocycles. The van der Waals surface area contributed by atoms with E-state index in [4.69, 9.17) is 16.5 Å². The van der Waals surface area contributed by atoms with Crippen LogP contribution in [0.2, 0.25) is 32.2 Å². The van der Waals surface area contributed by atoms with Crippen molar-refractivity contribution in [1.29, 1.82) is 0 Å². The number of benzene rings is 1. The summed E-state index contributed by atoms with van der Waals surface area (Å²) in [5.41, 5.74) is 2.51. The average Bonchev–Trinajstić information content (AvgIpc) is 2.45. The minimum atomic E-state index is -2.18. The van der Waals surface area contributed by atoms with Crippen LogP contribution in [0, 0.1) is 0 Å². The minimum Gasteiger partial charge on any atom is -0.423 e. The van der Waals surface area contributed by atoms with Crippen LogP contribution in [0.4, 0.5) is 0 Å². The Balaban J connectivity index is 1.90. The summed E-state index contributed by atoms with van der Waals surface area (Å²) in [6, 6.07) is 9.56. The van der Waals surface area contributed by atoms with Crippen molar-refractivity contribution in [2.24, 2.45) is 0 Å². The monoisotopic (exact) mass is 384 g/mol. The summed E-state index contributed by atoms with van der Waals surface area (Å²) in [5, 5.41) is 0. The highest BCUT2D eigenvalue weighted by Crippen LogP contribution is 2.25. The molecule has 1 fully saturated rings. The van der Waals surface area contributed by atoms with Crippen LogP contribution in [0.25, 0.3) is 6.08 Å². The lowest BCUT2D eigenvalue weighted by Crippen LogP contribution is -2.55. The summed E-state index contributed by atoms with van der Waals surface area (Å²) in [4.78, 5) is 0. The Kier molecular flexibility index (Phi) is 6.74. The summed E-state index contributed by atoms with van der Waals surface area (Å²) in [6.07, 6.45) is 3.99. The summed E-state index contributed by atoms with van der Waals surface area (Å²) in [7, 11) is -6.82. The first-order chi connectivity index (χ1) is 10.8. The molecule has 8 heteroatoms. The van der Waals surface area contributed by atoms with Crippen LogP contribution in [-0.4, -0.2) is 36.4 Å². The van der Waals surface area contributed by atoms with Gasteiger partial charge in [-0.25, -0.2) is 0 Å². The summed E-state index contributed by atoms with van der Waals surface area (Å²) in [5.74, 6) is 0. The highest BCUT2D eigenvalue weighted by atomic mass is 28.5. The lowest BCUT2D eigenvalue weighted by atomic mass is 10.1. The predicted octanol–water partition coefficient (Wildman–Crippen LogP) is 2.97. The standard InChI is InChI=1S/C15H28O4Si4/c1-6-14-9-11-15(12-10-14)8-7-13-23(5)17-20-16-21(2)18-22(3,4)19-23/h6,9-12,21H,1,7-8,13,20H2,2-5H3. The van der Waals surface area contributed by atoms with E-state index >= 15 is 0 Å². The van der Waals surface area contributed by atoms with Gasteiger partial charge in [0.25, 0.3) is 19.3 Å². The molecule has 1 aromatic rings.